The molecule has 1 aromatic heterocycles. The standard InChI is InChI=1S/C23H30FN5O3/c1-15(27-16(2)30)17-4-6-18(7-5-17)32-19-8-10-28(12-19)21-20(24)22(26-14-25-21)29-11-9-23(3,31)13-29/h4-7,14-15,19,31H,8-13H2,1-3H3,(H,27,30)/t15-,19+,23?/m0/s1. The first-order valence-corrected chi connectivity index (χ1v) is 11.0. The monoisotopic (exact) mass is 443 g/mol. The number of benzene rings is 1. The molecular formula is C23H30FN5O3. The van der Waals surface area contributed by atoms with Crippen LogP contribution in [0.15, 0.2) is 30.6 Å². The van der Waals surface area contributed by atoms with Crippen molar-refractivity contribution in [3.8, 4) is 5.75 Å². The van der Waals surface area contributed by atoms with Gasteiger partial charge in [-0.3, -0.25) is 4.79 Å². The Morgan fingerprint density at radius 1 is 1.25 bits per heavy atom. The van der Waals surface area contributed by atoms with E-state index >= 15 is 4.39 Å². The molecule has 3 atom stereocenters. The number of ether oxygens (including phenoxy) is 1. The van der Waals surface area contributed by atoms with Gasteiger partial charge in [0.25, 0.3) is 0 Å². The van der Waals surface area contributed by atoms with Gasteiger partial charge in [-0.2, -0.15) is 4.39 Å². The average Bonchev–Trinajstić information content (AvgIpc) is 3.34. The summed E-state index contributed by atoms with van der Waals surface area (Å²) in [6.45, 7) is 7.24. The number of halogens is 1. The Labute approximate surface area is 187 Å². The Balaban J connectivity index is 1.39. The van der Waals surface area contributed by atoms with Crippen LogP contribution >= 0.6 is 0 Å². The van der Waals surface area contributed by atoms with Crippen LogP contribution in [0.3, 0.4) is 0 Å². The average molecular weight is 444 g/mol. The second-order valence-corrected chi connectivity index (χ2v) is 8.97. The number of carbonyl (C=O) groups excluding carboxylic acids is 1. The molecule has 2 aliphatic rings. The van der Waals surface area contributed by atoms with Crippen molar-refractivity contribution in [3.05, 3.63) is 42.0 Å². The molecule has 8 nitrogen and oxygen atoms in total. The molecule has 0 aliphatic carbocycles. The second kappa shape index (κ2) is 8.90. The highest BCUT2D eigenvalue weighted by molar-refractivity contribution is 5.73. The van der Waals surface area contributed by atoms with Gasteiger partial charge in [0.05, 0.1) is 18.2 Å². The van der Waals surface area contributed by atoms with E-state index in [9.17, 15) is 9.90 Å². The fourth-order valence-electron chi connectivity index (χ4n) is 4.35. The van der Waals surface area contributed by atoms with Crippen LogP contribution in [0.5, 0.6) is 5.75 Å². The van der Waals surface area contributed by atoms with E-state index in [1.54, 1.807) is 11.8 Å². The van der Waals surface area contributed by atoms with Gasteiger partial charge in [0.1, 0.15) is 18.2 Å². The lowest BCUT2D eigenvalue weighted by Crippen LogP contribution is -2.31. The minimum absolute atomic E-state index is 0.0703. The van der Waals surface area contributed by atoms with E-state index in [1.807, 2.05) is 36.1 Å². The van der Waals surface area contributed by atoms with Gasteiger partial charge in [0.15, 0.2) is 11.6 Å². The lowest BCUT2D eigenvalue weighted by Gasteiger charge is -2.23. The SMILES string of the molecule is CC(=O)N[C@@H](C)c1ccc(O[C@@H]2CCN(c3ncnc(N4CCC(C)(O)C4)c3F)C2)cc1. The summed E-state index contributed by atoms with van der Waals surface area (Å²) in [5.74, 6) is 0.716. The van der Waals surface area contributed by atoms with E-state index in [-0.39, 0.29) is 29.7 Å². The fraction of sp³-hybridized carbons (Fsp3) is 0.522. The van der Waals surface area contributed by atoms with Crippen LogP contribution in [0.4, 0.5) is 16.0 Å². The highest BCUT2D eigenvalue weighted by atomic mass is 19.1. The van der Waals surface area contributed by atoms with Gasteiger partial charge in [0.2, 0.25) is 11.7 Å². The highest BCUT2D eigenvalue weighted by Gasteiger charge is 2.35. The first kappa shape index (κ1) is 22.3. The molecule has 0 bridgehead atoms. The van der Waals surface area contributed by atoms with E-state index in [0.29, 0.717) is 32.6 Å². The zero-order valence-electron chi connectivity index (χ0n) is 18.7. The van der Waals surface area contributed by atoms with Crippen molar-refractivity contribution in [3.63, 3.8) is 0 Å². The predicted molar refractivity (Wildman–Crippen MR) is 119 cm³/mol. The van der Waals surface area contributed by atoms with E-state index in [2.05, 4.69) is 15.3 Å². The van der Waals surface area contributed by atoms with Crippen molar-refractivity contribution in [2.75, 3.05) is 36.0 Å². The van der Waals surface area contributed by atoms with Gasteiger partial charge in [-0.05, 0) is 38.0 Å². The number of amides is 1. The normalized spacial score (nSPS) is 24.0. The summed E-state index contributed by atoms with van der Waals surface area (Å²) in [7, 11) is 0. The summed E-state index contributed by atoms with van der Waals surface area (Å²) < 4.78 is 21.3. The molecule has 2 aliphatic heterocycles. The van der Waals surface area contributed by atoms with Crippen molar-refractivity contribution in [1.82, 2.24) is 15.3 Å². The van der Waals surface area contributed by atoms with Crippen molar-refractivity contribution >= 4 is 17.5 Å². The van der Waals surface area contributed by atoms with Crippen molar-refractivity contribution in [2.24, 2.45) is 0 Å². The van der Waals surface area contributed by atoms with E-state index < -0.39 is 11.4 Å². The number of anilines is 2. The molecule has 2 N–H and O–H groups in total. The van der Waals surface area contributed by atoms with Crippen molar-refractivity contribution in [2.45, 2.75) is 51.4 Å². The number of hydrogen-bond acceptors (Lipinski definition) is 7. The predicted octanol–water partition coefficient (Wildman–Crippen LogP) is 2.43. The molecular weight excluding hydrogens is 413 g/mol. The molecule has 1 amide bonds. The van der Waals surface area contributed by atoms with E-state index in [0.717, 1.165) is 17.7 Å². The Bertz CT molecular complexity index is 969. The van der Waals surface area contributed by atoms with E-state index in [1.165, 1.54) is 13.3 Å². The quantitative estimate of drug-likeness (QED) is 0.709. The molecule has 172 valence electrons. The maximum absolute atomic E-state index is 15.2. The zero-order valence-corrected chi connectivity index (χ0v) is 18.7. The molecule has 0 saturated carbocycles. The van der Waals surface area contributed by atoms with Gasteiger partial charge >= 0.3 is 0 Å². The summed E-state index contributed by atoms with van der Waals surface area (Å²) in [5, 5.41) is 13.1. The number of β-amino-alcohol motifs (C(OH)–C–C–N with tert-alkyl or cyclic N) is 1. The smallest absolute Gasteiger partial charge is 0.217 e. The Kier molecular flexibility index (Phi) is 6.19. The third-order valence-corrected chi connectivity index (χ3v) is 6.05. The van der Waals surface area contributed by atoms with Crippen LogP contribution in [0, 0.1) is 5.82 Å². The fourth-order valence-corrected chi connectivity index (χ4v) is 4.35. The number of rotatable bonds is 6. The minimum Gasteiger partial charge on any atom is -0.489 e. The van der Waals surface area contributed by atoms with Gasteiger partial charge in [-0.15, -0.1) is 0 Å². The molecule has 2 aromatic rings. The van der Waals surface area contributed by atoms with Gasteiger partial charge in [-0.25, -0.2) is 9.97 Å². The third-order valence-electron chi connectivity index (χ3n) is 6.05. The highest BCUT2D eigenvalue weighted by Crippen LogP contribution is 2.32. The minimum atomic E-state index is -0.834. The maximum atomic E-state index is 15.2. The number of aliphatic hydroxyl groups is 1. The molecule has 9 heteroatoms. The molecule has 1 aromatic carbocycles. The zero-order chi connectivity index (χ0) is 22.9. The summed E-state index contributed by atoms with van der Waals surface area (Å²) in [6, 6.07) is 7.57. The third kappa shape index (κ3) is 4.93. The van der Waals surface area contributed by atoms with Crippen LogP contribution in [0.2, 0.25) is 0 Å². The molecule has 0 radical (unpaired) electrons. The summed E-state index contributed by atoms with van der Waals surface area (Å²) >= 11 is 0. The second-order valence-electron chi connectivity index (χ2n) is 8.97. The van der Waals surface area contributed by atoms with Crippen LogP contribution < -0.4 is 19.9 Å². The van der Waals surface area contributed by atoms with Gasteiger partial charge in [-0.1, -0.05) is 12.1 Å². The number of hydrogen-bond donors (Lipinski definition) is 2. The van der Waals surface area contributed by atoms with Crippen molar-refractivity contribution in [1.29, 1.82) is 0 Å². The molecule has 2 saturated heterocycles. The summed E-state index contributed by atoms with van der Waals surface area (Å²) in [6.07, 6.45) is 2.62. The number of carbonyl (C=O) groups is 1. The Morgan fingerprint density at radius 2 is 1.94 bits per heavy atom. The first-order valence-electron chi connectivity index (χ1n) is 11.0. The number of aromatic nitrogens is 2. The van der Waals surface area contributed by atoms with Gasteiger partial charge < -0.3 is 25.0 Å². The Morgan fingerprint density at radius 3 is 2.56 bits per heavy atom. The molecule has 32 heavy (non-hydrogen) atoms. The van der Waals surface area contributed by atoms with Crippen LogP contribution in [-0.2, 0) is 4.79 Å². The maximum Gasteiger partial charge on any atom is 0.217 e. The molecule has 4 rings (SSSR count). The largest absolute Gasteiger partial charge is 0.489 e. The van der Waals surface area contributed by atoms with Crippen LogP contribution in [0.25, 0.3) is 0 Å². The van der Waals surface area contributed by atoms with Crippen LogP contribution in [0.1, 0.15) is 45.2 Å². The molecule has 2 fully saturated rings. The van der Waals surface area contributed by atoms with Crippen LogP contribution in [-0.4, -0.2) is 58.9 Å². The first-order chi connectivity index (χ1) is 15.2. The lowest BCUT2D eigenvalue weighted by atomic mass is 10.1. The summed E-state index contributed by atoms with van der Waals surface area (Å²) in [4.78, 5) is 23.2. The van der Waals surface area contributed by atoms with E-state index in [4.69, 9.17) is 4.74 Å². The molecule has 3 heterocycles. The molecule has 1 unspecified atom stereocenters. The van der Waals surface area contributed by atoms with Crippen molar-refractivity contribution < 1.29 is 19.0 Å². The Hall–Kier alpha value is -2.94. The number of nitrogens with one attached hydrogen (secondary N) is 1. The lowest BCUT2D eigenvalue weighted by molar-refractivity contribution is -0.119. The molecule has 0 spiro atoms. The van der Waals surface area contributed by atoms with Gasteiger partial charge in [0, 0.05) is 33.0 Å². The topological polar surface area (TPSA) is 90.8 Å². The summed E-state index contributed by atoms with van der Waals surface area (Å²) in [5.41, 5.74) is 0.164. The number of nitrogens with zero attached hydrogens (tertiary/aromatic N) is 4.